The fourth-order valence-corrected chi connectivity index (χ4v) is 7.22. The van der Waals surface area contributed by atoms with E-state index in [1.807, 2.05) is 30.3 Å². The van der Waals surface area contributed by atoms with Gasteiger partial charge in [-0.1, -0.05) is 97.2 Å². The molecule has 0 unspecified atom stereocenters. The summed E-state index contributed by atoms with van der Waals surface area (Å²) in [5.74, 6) is -1.57. The van der Waals surface area contributed by atoms with E-state index >= 15 is 4.39 Å². The normalized spacial score (nSPS) is 14.1. The summed E-state index contributed by atoms with van der Waals surface area (Å²) in [7, 11) is -4.25. The summed E-state index contributed by atoms with van der Waals surface area (Å²) < 4.78 is 44.1. The average molecular weight is 648 g/mol. The summed E-state index contributed by atoms with van der Waals surface area (Å²) >= 11 is 6.26. The molecule has 0 heterocycles. The van der Waals surface area contributed by atoms with Gasteiger partial charge >= 0.3 is 0 Å². The van der Waals surface area contributed by atoms with E-state index in [9.17, 15) is 18.0 Å². The summed E-state index contributed by atoms with van der Waals surface area (Å²) in [6, 6.07) is 28.3. The fraction of sp³-hybridized carbons (Fsp3) is 0.257. The van der Waals surface area contributed by atoms with Crippen molar-refractivity contribution in [1.82, 2.24) is 10.2 Å². The third-order valence-corrected chi connectivity index (χ3v) is 10.0. The minimum Gasteiger partial charge on any atom is -0.352 e. The van der Waals surface area contributed by atoms with Gasteiger partial charge in [0.2, 0.25) is 11.8 Å². The van der Waals surface area contributed by atoms with Gasteiger partial charge in [0.1, 0.15) is 18.4 Å². The zero-order valence-corrected chi connectivity index (χ0v) is 26.3. The Kier molecular flexibility index (Phi) is 10.5. The number of sulfonamides is 1. The predicted molar refractivity (Wildman–Crippen MR) is 174 cm³/mol. The number of halogens is 2. The van der Waals surface area contributed by atoms with Crippen molar-refractivity contribution in [1.29, 1.82) is 0 Å². The molecule has 0 bridgehead atoms. The number of benzene rings is 4. The van der Waals surface area contributed by atoms with Gasteiger partial charge in [-0.15, -0.1) is 0 Å². The quantitative estimate of drug-likeness (QED) is 0.194. The van der Waals surface area contributed by atoms with Crippen LogP contribution in [0.4, 0.5) is 10.1 Å². The van der Waals surface area contributed by atoms with Gasteiger partial charge in [-0.3, -0.25) is 13.9 Å². The number of hydrogen-bond acceptors (Lipinski definition) is 4. The first kappa shape index (κ1) is 32.2. The predicted octanol–water partition coefficient (Wildman–Crippen LogP) is 6.37. The number of anilines is 1. The second-order valence-electron chi connectivity index (χ2n) is 11.1. The lowest BCUT2D eigenvalue weighted by atomic mass is 10.0. The van der Waals surface area contributed by atoms with Crippen LogP contribution in [0.5, 0.6) is 0 Å². The highest BCUT2D eigenvalue weighted by atomic mass is 35.5. The largest absolute Gasteiger partial charge is 0.352 e. The lowest BCUT2D eigenvalue weighted by Gasteiger charge is -2.34. The van der Waals surface area contributed by atoms with Crippen molar-refractivity contribution < 1.29 is 22.4 Å². The first-order valence-electron chi connectivity index (χ1n) is 14.9. The summed E-state index contributed by atoms with van der Waals surface area (Å²) in [4.78, 5) is 29.7. The summed E-state index contributed by atoms with van der Waals surface area (Å²) in [6.45, 7) is -0.885. The van der Waals surface area contributed by atoms with E-state index in [2.05, 4.69) is 5.32 Å². The van der Waals surface area contributed by atoms with Crippen molar-refractivity contribution >= 4 is 39.1 Å². The molecule has 4 aromatic carbocycles. The third-order valence-electron chi connectivity index (χ3n) is 7.98. The Hall–Kier alpha value is -4.21. The summed E-state index contributed by atoms with van der Waals surface area (Å²) in [5, 5.41) is 3.39. The molecule has 0 spiro atoms. The van der Waals surface area contributed by atoms with Crippen molar-refractivity contribution in [3.05, 3.63) is 131 Å². The molecule has 1 N–H and O–H groups in total. The van der Waals surface area contributed by atoms with E-state index in [1.54, 1.807) is 54.6 Å². The maximum absolute atomic E-state index is 15.1. The molecule has 5 rings (SSSR count). The number of nitrogens with one attached hydrogen (secondary N) is 1. The molecular formula is C35H35ClFN3O4S. The van der Waals surface area contributed by atoms with Crippen molar-refractivity contribution in [2.75, 3.05) is 10.8 Å². The fourth-order valence-electron chi connectivity index (χ4n) is 5.61. The van der Waals surface area contributed by atoms with Crippen molar-refractivity contribution in [3.8, 4) is 0 Å². The molecule has 7 nitrogen and oxygen atoms in total. The Morgan fingerprint density at radius 2 is 1.51 bits per heavy atom. The molecular weight excluding hydrogens is 613 g/mol. The molecule has 1 saturated carbocycles. The highest BCUT2D eigenvalue weighted by Gasteiger charge is 2.36. The number of hydrogen-bond donors (Lipinski definition) is 1. The molecule has 1 aliphatic carbocycles. The molecule has 1 aliphatic rings. The molecule has 4 aromatic rings. The van der Waals surface area contributed by atoms with Gasteiger partial charge < -0.3 is 10.2 Å². The lowest BCUT2D eigenvalue weighted by molar-refractivity contribution is -0.140. The molecule has 0 radical (unpaired) electrons. The number of nitrogens with zero attached hydrogens (tertiary/aromatic N) is 2. The highest BCUT2D eigenvalue weighted by Crippen LogP contribution is 2.27. The van der Waals surface area contributed by atoms with Gasteiger partial charge in [0.25, 0.3) is 10.0 Å². The standard InChI is InChI=1S/C35H35ClFN3O4S/c36-28-15-11-18-30(23-28)40(45(43,44)31-19-5-2-6-20-31)25-34(41)39(24-27-14-7-10-21-32(27)37)33(22-26-12-3-1-4-13-26)35(42)38-29-16-8-9-17-29/h1-7,10-15,18-21,23,29,33H,8-9,16-17,22,24-25H2,(H,38,42)/t33-/m1/s1. The Morgan fingerprint density at radius 3 is 2.18 bits per heavy atom. The molecule has 0 saturated heterocycles. The average Bonchev–Trinajstić information content (AvgIpc) is 3.56. The van der Waals surface area contributed by atoms with Crippen LogP contribution in [0.1, 0.15) is 36.8 Å². The summed E-state index contributed by atoms with van der Waals surface area (Å²) in [6.07, 6.45) is 3.82. The molecule has 0 aliphatic heterocycles. The number of rotatable bonds is 12. The van der Waals surface area contributed by atoms with Crippen LogP contribution < -0.4 is 9.62 Å². The van der Waals surface area contributed by atoms with Crippen molar-refractivity contribution in [2.24, 2.45) is 0 Å². The number of carbonyl (C=O) groups excluding carboxylic acids is 2. The van der Waals surface area contributed by atoms with E-state index in [0.717, 1.165) is 35.6 Å². The lowest BCUT2D eigenvalue weighted by Crippen LogP contribution is -2.54. The SMILES string of the molecule is O=C(NC1CCCC1)[C@@H](Cc1ccccc1)N(Cc1ccccc1F)C(=O)CN(c1cccc(Cl)c1)S(=O)(=O)c1ccccc1. The molecule has 45 heavy (non-hydrogen) atoms. The molecule has 1 fully saturated rings. The topological polar surface area (TPSA) is 86.8 Å². The van der Waals surface area contributed by atoms with Gasteiger partial charge in [-0.25, -0.2) is 12.8 Å². The third kappa shape index (κ3) is 8.09. The maximum Gasteiger partial charge on any atom is 0.264 e. The molecule has 2 amide bonds. The molecule has 234 valence electrons. The second-order valence-corrected chi connectivity index (χ2v) is 13.4. The minimum absolute atomic E-state index is 0.0155. The van der Waals surface area contributed by atoms with Crippen molar-refractivity contribution in [3.63, 3.8) is 0 Å². The van der Waals surface area contributed by atoms with E-state index in [0.29, 0.717) is 0 Å². The number of carbonyl (C=O) groups is 2. The van der Waals surface area contributed by atoms with E-state index in [-0.39, 0.29) is 46.1 Å². The van der Waals surface area contributed by atoms with Crippen LogP contribution in [0.15, 0.2) is 114 Å². The highest BCUT2D eigenvalue weighted by molar-refractivity contribution is 7.92. The van der Waals surface area contributed by atoms with Crippen molar-refractivity contribution in [2.45, 2.75) is 55.6 Å². The zero-order chi connectivity index (χ0) is 31.8. The van der Waals surface area contributed by atoms with Crippen LogP contribution in [0, 0.1) is 5.82 Å². The Bertz CT molecular complexity index is 1720. The van der Waals surface area contributed by atoms with Gasteiger partial charge in [0, 0.05) is 29.6 Å². The van der Waals surface area contributed by atoms with E-state index < -0.39 is 34.3 Å². The van der Waals surface area contributed by atoms with Gasteiger partial charge in [-0.2, -0.15) is 0 Å². The second kappa shape index (κ2) is 14.7. The Morgan fingerprint density at radius 1 is 0.867 bits per heavy atom. The van der Waals surface area contributed by atoms with E-state index in [4.69, 9.17) is 11.6 Å². The molecule has 0 aromatic heterocycles. The number of amides is 2. The Labute approximate surface area is 268 Å². The monoisotopic (exact) mass is 647 g/mol. The van der Waals surface area contributed by atoms with Gasteiger partial charge in [-0.05, 0) is 54.8 Å². The van der Waals surface area contributed by atoms with Crippen LogP contribution in [-0.4, -0.2) is 43.8 Å². The summed E-state index contributed by atoms with van der Waals surface area (Å²) in [5.41, 5.74) is 1.19. The maximum atomic E-state index is 15.1. The smallest absolute Gasteiger partial charge is 0.264 e. The van der Waals surface area contributed by atoms with Gasteiger partial charge in [0.05, 0.1) is 10.6 Å². The van der Waals surface area contributed by atoms with Crippen LogP contribution in [0.3, 0.4) is 0 Å². The molecule has 1 atom stereocenters. The van der Waals surface area contributed by atoms with E-state index in [1.165, 1.54) is 29.2 Å². The molecule has 10 heteroatoms. The van der Waals surface area contributed by atoms with Crippen LogP contribution in [0.2, 0.25) is 5.02 Å². The van der Waals surface area contributed by atoms with Crippen LogP contribution in [0.25, 0.3) is 0 Å². The zero-order valence-electron chi connectivity index (χ0n) is 24.7. The first-order valence-corrected chi connectivity index (χ1v) is 16.7. The first-order chi connectivity index (χ1) is 21.7. The minimum atomic E-state index is -4.25. The van der Waals surface area contributed by atoms with Gasteiger partial charge in [0.15, 0.2) is 0 Å². The van der Waals surface area contributed by atoms with Crippen LogP contribution in [-0.2, 0) is 32.6 Å². The Balaban J connectivity index is 1.57. The van der Waals surface area contributed by atoms with Crippen LogP contribution >= 0.6 is 11.6 Å².